The molecule has 7 nitrogen and oxygen atoms in total. The van der Waals surface area contributed by atoms with Gasteiger partial charge in [0.1, 0.15) is 6.61 Å². The second kappa shape index (κ2) is 10.7. The Kier molecular flexibility index (Phi) is 7.78. The minimum atomic E-state index is -1.05. The van der Waals surface area contributed by atoms with Crippen molar-refractivity contribution < 1.29 is 13.7 Å². The maximum Gasteiger partial charge on any atom is 0.410 e. The van der Waals surface area contributed by atoms with Crippen LogP contribution in [0.3, 0.4) is 0 Å². The van der Waals surface area contributed by atoms with Gasteiger partial charge >= 0.3 is 6.09 Å². The van der Waals surface area contributed by atoms with Gasteiger partial charge in [-0.05, 0) is 48.9 Å². The van der Waals surface area contributed by atoms with Gasteiger partial charge in [0.05, 0.1) is 23.0 Å². The summed E-state index contributed by atoms with van der Waals surface area (Å²) < 4.78 is 18.0. The molecule has 2 aliphatic heterocycles. The van der Waals surface area contributed by atoms with Crippen molar-refractivity contribution in [1.29, 1.82) is 0 Å². The number of carbonyl (C=O) groups excluding carboxylic acids is 1. The van der Waals surface area contributed by atoms with Crippen molar-refractivity contribution in [2.45, 2.75) is 24.5 Å². The summed E-state index contributed by atoms with van der Waals surface area (Å²) in [7, 11) is -1.05. The average Bonchev–Trinajstić information content (AvgIpc) is 3.25. The van der Waals surface area contributed by atoms with Crippen molar-refractivity contribution in [2.75, 3.05) is 38.5 Å². The molecule has 32 heavy (non-hydrogen) atoms. The predicted molar refractivity (Wildman–Crippen MR) is 125 cm³/mol. The van der Waals surface area contributed by atoms with E-state index >= 15 is 0 Å². The van der Waals surface area contributed by atoms with Crippen LogP contribution in [0.25, 0.3) is 0 Å². The molecule has 1 unspecified atom stereocenters. The summed E-state index contributed by atoms with van der Waals surface area (Å²) in [5, 5.41) is 9.11. The Morgan fingerprint density at radius 3 is 2.56 bits per heavy atom. The highest BCUT2D eigenvalue weighted by Crippen LogP contribution is 2.29. The van der Waals surface area contributed by atoms with Crippen molar-refractivity contribution in [2.24, 2.45) is 10.2 Å². The van der Waals surface area contributed by atoms with E-state index in [1.165, 1.54) is 0 Å². The monoisotopic (exact) mass is 494 g/mol. The lowest BCUT2D eigenvalue weighted by atomic mass is 10.2. The molecule has 170 valence electrons. The largest absolute Gasteiger partial charge is 0.445 e. The lowest BCUT2D eigenvalue weighted by molar-refractivity contribution is 0.0718. The fourth-order valence-corrected chi connectivity index (χ4v) is 5.38. The van der Waals surface area contributed by atoms with Crippen LogP contribution in [0.5, 0.6) is 0 Å². The van der Waals surface area contributed by atoms with E-state index in [1.54, 1.807) is 23.1 Å². The lowest BCUT2D eigenvalue weighted by Crippen LogP contribution is -2.49. The van der Waals surface area contributed by atoms with Crippen LogP contribution in [0.4, 0.5) is 10.5 Å². The van der Waals surface area contributed by atoms with Gasteiger partial charge in [0.25, 0.3) is 0 Å². The highest BCUT2D eigenvalue weighted by molar-refractivity contribution is 7.85. The second-order valence-corrected chi connectivity index (χ2v) is 10.2. The second-order valence-electron chi connectivity index (χ2n) is 7.75. The number of hydrogen-bond acceptors (Lipinski definition) is 6. The third-order valence-corrected chi connectivity index (χ3v) is 7.33. The van der Waals surface area contributed by atoms with Gasteiger partial charge in [0, 0.05) is 52.4 Å². The van der Waals surface area contributed by atoms with E-state index in [0.717, 1.165) is 47.8 Å². The topological polar surface area (TPSA) is 74.6 Å². The highest BCUT2D eigenvalue weighted by atomic mass is 35.5. The molecule has 0 spiro atoms. The van der Waals surface area contributed by atoms with Crippen molar-refractivity contribution in [3.05, 3.63) is 57.6 Å². The van der Waals surface area contributed by atoms with E-state index in [4.69, 9.17) is 27.9 Å². The van der Waals surface area contributed by atoms with E-state index in [9.17, 15) is 9.00 Å². The summed E-state index contributed by atoms with van der Waals surface area (Å²) in [4.78, 5) is 17.2. The van der Waals surface area contributed by atoms with Gasteiger partial charge in [-0.2, -0.15) is 10.2 Å². The van der Waals surface area contributed by atoms with Crippen LogP contribution in [0, 0.1) is 0 Å². The Labute approximate surface area is 199 Å². The quantitative estimate of drug-likeness (QED) is 0.539. The van der Waals surface area contributed by atoms with Crippen molar-refractivity contribution >= 4 is 45.8 Å². The molecule has 4 rings (SSSR count). The fraction of sp³-hybridized carbons (Fsp3) is 0.409. The first-order chi connectivity index (χ1) is 15.5. The van der Waals surface area contributed by atoms with Crippen LogP contribution in [0.1, 0.15) is 17.5 Å². The summed E-state index contributed by atoms with van der Waals surface area (Å²) in [5.41, 5.74) is 2.67. The predicted octanol–water partition coefficient (Wildman–Crippen LogP) is 5.04. The first kappa shape index (κ1) is 23.2. The Hall–Kier alpha value is -2.00. The summed E-state index contributed by atoms with van der Waals surface area (Å²) in [6.07, 6.45) is 0.487. The molecule has 0 aromatic heterocycles. The standard InChI is InChI=1S/C22H24Cl2N4O3S/c23-18-10-16(11-19(24)12-18)15-31-22(29)28-7-5-27(6-8-28)4-1-9-32(30)20-3-2-17-14-25-26-21(17)13-20/h2-3,10-13H,1,4-9,14-15H2. The third-order valence-electron chi connectivity index (χ3n) is 5.46. The van der Waals surface area contributed by atoms with Gasteiger partial charge in [0.2, 0.25) is 0 Å². The van der Waals surface area contributed by atoms with Crippen LogP contribution in [-0.2, 0) is 28.7 Å². The summed E-state index contributed by atoms with van der Waals surface area (Å²) >= 11 is 12.0. The van der Waals surface area contributed by atoms with Gasteiger partial charge in [-0.3, -0.25) is 9.11 Å². The van der Waals surface area contributed by atoms with Crippen LogP contribution < -0.4 is 0 Å². The lowest BCUT2D eigenvalue weighted by Gasteiger charge is -2.34. The molecule has 2 aromatic rings. The number of azo groups is 1. The van der Waals surface area contributed by atoms with Crippen LogP contribution in [-0.4, -0.2) is 58.6 Å². The maximum atomic E-state index is 12.6. The van der Waals surface area contributed by atoms with Gasteiger partial charge in [0.15, 0.2) is 0 Å². The fourth-order valence-electron chi connectivity index (χ4n) is 3.72. The van der Waals surface area contributed by atoms with E-state index in [2.05, 4.69) is 15.1 Å². The number of benzene rings is 2. The van der Waals surface area contributed by atoms with E-state index in [-0.39, 0.29) is 12.7 Å². The zero-order valence-corrected chi connectivity index (χ0v) is 19.8. The van der Waals surface area contributed by atoms with E-state index in [1.807, 2.05) is 18.2 Å². The summed E-state index contributed by atoms with van der Waals surface area (Å²) in [6.45, 7) is 4.34. The molecule has 10 heteroatoms. The number of carbonyl (C=O) groups is 1. The minimum Gasteiger partial charge on any atom is -0.445 e. The number of amides is 1. The summed E-state index contributed by atoms with van der Waals surface area (Å²) in [6, 6.07) is 10.9. The molecular formula is C22H24Cl2N4O3S. The third kappa shape index (κ3) is 6.07. The summed E-state index contributed by atoms with van der Waals surface area (Å²) in [5.74, 6) is 0.598. The van der Waals surface area contributed by atoms with Gasteiger partial charge in [-0.25, -0.2) is 4.79 Å². The van der Waals surface area contributed by atoms with Gasteiger partial charge in [-0.1, -0.05) is 29.3 Å². The van der Waals surface area contributed by atoms with Gasteiger partial charge < -0.3 is 9.64 Å². The molecule has 1 atom stereocenters. The zero-order valence-electron chi connectivity index (χ0n) is 17.5. The Bertz CT molecular complexity index is 1020. The molecule has 2 aliphatic rings. The molecule has 2 heterocycles. The number of hydrogen-bond donors (Lipinski definition) is 0. The van der Waals surface area contributed by atoms with Crippen molar-refractivity contribution in [1.82, 2.24) is 9.80 Å². The number of rotatable bonds is 7. The van der Waals surface area contributed by atoms with E-state index in [0.29, 0.717) is 35.4 Å². The molecule has 0 bridgehead atoms. The zero-order chi connectivity index (χ0) is 22.5. The molecule has 0 radical (unpaired) electrons. The number of fused-ring (bicyclic) bond motifs is 1. The Morgan fingerprint density at radius 1 is 1.06 bits per heavy atom. The molecule has 1 saturated heterocycles. The molecule has 2 aromatic carbocycles. The normalized spacial score (nSPS) is 16.8. The molecule has 1 amide bonds. The van der Waals surface area contributed by atoms with Crippen molar-refractivity contribution in [3.8, 4) is 0 Å². The number of ether oxygens (including phenoxy) is 1. The molecule has 0 aliphatic carbocycles. The maximum absolute atomic E-state index is 12.6. The van der Waals surface area contributed by atoms with E-state index < -0.39 is 10.8 Å². The molecule has 0 N–H and O–H groups in total. The minimum absolute atomic E-state index is 0.134. The number of halogens is 2. The van der Waals surface area contributed by atoms with Crippen LogP contribution >= 0.6 is 23.2 Å². The SMILES string of the molecule is O=C(OCc1cc(Cl)cc(Cl)c1)N1CCN(CCCS(=O)c2ccc3c(c2)N=NC3)CC1. The molecule has 1 fully saturated rings. The first-order valence-electron chi connectivity index (χ1n) is 10.5. The molecular weight excluding hydrogens is 471 g/mol. The van der Waals surface area contributed by atoms with Crippen LogP contribution in [0.2, 0.25) is 10.0 Å². The number of nitrogens with zero attached hydrogens (tertiary/aromatic N) is 4. The Balaban J connectivity index is 1.16. The number of piperazine rings is 1. The first-order valence-corrected chi connectivity index (χ1v) is 12.5. The average molecular weight is 495 g/mol. The highest BCUT2D eigenvalue weighted by Gasteiger charge is 2.22. The van der Waals surface area contributed by atoms with Crippen LogP contribution in [0.15, 0.2) is 51.5 Å². The smallest absolute Gasteiger partial charge is 0.410 e. The van der Waals surface area contributed by atoms with Crippen molar-refractivity contribution in [3.63, 3.8) is 0 Å². The van der Waals surface area contributed by atoms with Gasteiger partial charge in [-0.15, -0.1) is 0 Å². The Morgan fingerprint density at radius 2 is 1.81 bits per heavy atom. The molecule has 0 saturated carbocycles.